The quantitative estimate of drug-likeness (QED) is 0.108. The maximum absolute atomic E-state index is 11.4. The molecule has 0 bridgehead atoms. The molecule has 6 aromatic rings. The predicted molar refractivity (Wildman–Crippen MR) is 520 cm³/mol. The van der Waals surface area contributed by atoms with Crippen LogP contribution in [0.5, 0.6) is 0 Å². The number of primary amides is 1. The number of hydrogen-bond acceptors (Lipinski definition) is 7. The number of likely N-dealkylation sites (N-methyl/N-ethyl adjacent to an activating group) is 2. The van der Waals surface area contributed by atoms with Crippen molar-refractivity contribution in [3.63, 3.8) is 0 Å². The Hall–Kier alpha value is 2.51. The first-order valence-corrected chi connectivity index (χ1v) is 40.7. The number of carbonyl (C=O) groups excluding carboxylic acids is 3. The Balaban J connectivity index is -0.0000000317. The Morgan fingerprint density at radius 1 is 0.424 bits per heavy atom. The van der Waals surface area contributed by atoms with E-state index >= 15 is 0 Å². The van der Waals surface area contributed by atoms with Crippen molar-refractivity contribution in [2.75, 3.05) is 54.9 Å². The monoisotopic (exact) mass is 2530 g/mol. The van der Waals surface area contributed by atoms with Gasteiger partial charge in [-0.15, -0.1) is 101 Å². The molecule has 21 heteroatoms. The first kappa shape index (κ1) is 206. The number of allylic oxidation sites excluding steroid dienone is 2. The van der Waals surface area contributed by atoms with Crippen molar-refractivity contribution in [3.05, 3.63) is 313 Å². The molecule has 4 aliphatic rings. The number of nitrogens with two attached hydrogens (primary N) is 1. The third-order valence-corrected chi connectivity index (χ3v) is 14.4. The molecule has 0 aromatic heterocycles. The molecule has 125 heavy (non-hydrogen) atoms. The van der Waals surface area contributed by atoms with E-state index in [2.05, 4.69) is 169 Å². The number of ketones is 1. The Labute approximate surface area is 1010 Å². The summed E-state index contributed by atoms with van der Waals surface area (Å²) in [4.78, 5) is 43.8. The van der Waals surface area contributed by atoms with E-state index in [0.29, 0.717) is 43.2 Å². The summed E-state index contributed by atoms with van der Waals surface area (Å²) in [6.07, 6.45) is 8.24. The van der Waals surface area contributed by atoms with Gasteiger partial charge in [0.1, 0.15) is 0 Å². The fourth-order valence-corrected chi connectivity index (χ4v) is 8.83. The van der Waals surface area contributed by atoms with Crippen molar-refractivity contribution in [2.45, 2.75) is 269 Å². The Bertz CT molecular complexity index is 2850. The summed E-state index contributed by atoms with van der Waals surface area (Å²) in [7, 11) is 9.87. The number of rotatable bonds is 10. The van der Waals surface area contributed by atoms with Gasteiger partial charge in [-0.25, -0.2) is 13.8 Å². The number of nitrogens with zero attached hydrogens (tertiary/aromatic N) is 5. The van der Waals surface area contributed by atoms with Crippen molar-refractivity contribution in [1.82, 2.24) is 19.6 Å². The molecule has 2 fully saturated rings. The van der Waals surface area contributed by atoms with Gasteiger partial charge in [0.05, 0.1) is 0 Å². The average molecular weight is 2530 g/mol. The first-order chi connectivity index (χ1) is 51.9. The molecule has 4 unspecified atom stereocenters. The van der Waals surface area contributed by atoms with E-state index in [4.69, 9.17) is 0 Å². The predicted octanol–water partition coefficient (Wildman–Crippen LogP) is 28.5. The molecule has 0 spiro atoms. The van der Waals surface area contributed by atoms with E-state index in [-0.39, 0.29) is 372 Å². The average Bonchev–Trinajstić information content (AvgIpc) is 1.63. The van der Waals surface area contributed by atoms with Crippen LogP contribution in [0.1, 0.15) is 277 Å². The Morgan fingerprint density at radius 3 is 0.888 bits per heavy atom. The minimum absolute atomic E-state index is 0. The summed E-state index contributed by atoms with van der Waals surface area (Å²) >= 11 is 0. The molecule has 2 amide bonds. The van der Waals surface area contributed by atoms with Crippen LogP contribution < -0.4 is 5.73 Å². The second-order valence-corrected chi connectivity index (χ2v) is 20.5. The van der Waals surface area contributed by atoms with Gasteiger partial charge in [0.2, 0.25) is 11.8 Å². The number of unbranched alkanes of at least 4 members (excludes halogenated alkanes) is 1. The summed E-state index contributed by atoms with van der Waals surface area (Å²) in [5, 5.41) is 0. The van der Waals surface area contributed by atoms with Crippen molar-refractivity contribution in [2.24, 2.45) is 10.7 Å². The smallest absolute Gasteiger partial charge is 0.220 e. The summed E-state index contributed by atoms with van der Waals surface area (Å²) < 4.78 is 0. The van der Waals surface area contributed by atoms with Crippen LogP contribution in [0.4, 0.5) is 0 Å². The Morgan fingerprint density at radius 2 is 0.696 bits per heavy atom. The van der Waals surface area contributed by atoms with Gasteiger partial charge in [-0.05, 0) is 65.1 Å². The van der Waals surface area contributed by atoms with Crippen LogP contribution in [0, 0.1) is 123 Å². The van der Waals surface area contributed by atoms with Gasteiger partial charge in [-0.1, -0.05) is 223 Å². The number of hydrogen-bond donors (Lipinski definition) is 1. The van der Waals surface area contributed by atoms with Crippen LogP contribution in [0.3, 0.4) is 0 Å². The number of amides is 2. The molecule has 0 aliphatic carbocycles. The second kappa shape index (κ2) is 160. The van der Waals surface area contributed by atoms with E-state index in [1.807, 2.05) is 275 Å². The van der Waals surface area contributed by atoms with Gasteiger partial charge in [-0.3, -0.25) is 9.59 Å². The molecule has 9 nitrogen and oxygen atoms in total. The molecular weight excluding hydrogens is 2350 g/mol. The van der Waals surface area contributed by atoms with Crippen LogP contribution in [0.2, 0.25) is 0 Å². The van der Waals surface area contributed by atoms with Gasteiger partial charge in [0, 0.05) is 351 Å². The number of aliphatic imine (C=N–C) groups is 1. The molecule has 2 N–H and O–H groups in total. The molecular formula is C104H180N6O3V5WY6-18. The van der Waals surface area contributed by atoms with Crippen LogP contribution in [0.25, 0.3) is 11.1 Å². The van der Waals surface area contributed by atoms with Gasteiger partial charge < -0.3 is 107 Å². The van der Waals surface area contributed by atoms with E-state index in [9.17, 15) is 14.4 Å². The topological polar surface area (TPSA) is 103 Å². The maximum atomic E-state index is 11.4. The van der Waals surface area contributed by atoms with Gasteiger partial charge >= 0.3 is 0 Å². The second-order valence-electron chi connectivity index (χ2n) is 20.5. The van der Waals surface area contributed by atoms with Crippen LogP contribution in [-0.2, 0) is 337 Å². The number of Topliss-reactive ketones (excluding diaryl/α,β-unsaturated/α-hetero) is 1. The SMILES string of the molecule is CC.CC.CC.CC.CC.CC.CC.CC.CC.CC.CC.CC.CCC(N)=O.CCCC.[CH2-]C(=O)Cc1[c-]cccc1.[CH2-]C(Cc1[c-]cccc1)=NC.[CH2-]C1=C(c2[c-]cccc2)CC(=O)N1C.[CH2-]C1=C(c2[c-]cccc2)CCN1C.[CH2-]C1C(c2[c-]cccc2)CCN1C.[CH2-]C1C(c2[c-]cccc2)CCN1C.[CH3-].[CH3-].[CH3-].[CH3-].[CH3-].[CH3-].[V].[V].[V].[V].[V].[W].[Y].[Y].[Y].[Y].[Y].[Y]. The van der Waals surface area contributed by atoms with Crippen molar-refractivity contribution < 1.29 is 324 Å². The Kier molecular flexibility index (Phi) is 264. The summed E-state index contributed by atoms with van der Waals surface area (Å²) in [5.74, 6) is 0.937. The van der Waals surface area contributed by atoms with Gasteiger partial charge in [0.25, 0.3) is 0 Å². The van der Waals surface area contributed by atoms with Crippen LogP contribution in [0.15, 0.2) is 162 Å². The van der Waals surface area contributed by atoms with E-state index in [1.165, 1.54) is 47.9 Å². The summed E-state index contributed by atoms with van der Waals surface area (Å²) in [6.45, 7) is 80.8. The minimum atomic E-state index is -0.245. The third kappa shape index (κ3) is 108. The molecule has 4 aliphatic heterocycles. The maximum Gasteiger partial charge on any atom is 0.220 e. The normalized spacial score (nSPS) is 12.6. The van der Waals surface area contributed by atoms with E-state index < -0.39 is 0 Å². The summed E-state index contributed by atoms with van der Waals surface area (Å²) in [6, 6.07) is 67.3. The zero-order valence-corrected chi connectivity index (χ0v) is 114. The van der Waals surface area contributed by atoms with E-state index in [0.717, 1.165) is 71.8 Å². The molecule has 4 atom stereocenters. The molecule has 2 saturated heterocycles. The van der Waals surface area contributed by atoms with Crippen LogP contribution >= 0.6 is 0 Å². The largest absolute Gasteiger partial charge is 0.400 e. The molecule has 0 saturated carbocycles. The zero-order valence-electron chi connectivity index (χ0n) is 87.0. The third-order valence-electron chi connectivity index (χ3n) is 14.4. The molecule has 6 aromatic carbocycles. The fraction of sp³-hybridized carbons (Fsp3) is 0.462. The van der Waals surface area contributed by atoms with Gasteiger partial charge in [0.15, 0.2) is 0 Å². The summed E-state index contributed by atoms with van der Waals surface area (Å²) in [5.41, 5.74) is 16.6. The molecule has 711 valence electrons. The van der Waals surface area contributed by atoms with Crippen LogP contribution in [-0.4, -0.2) is 110 Å². The zero-order chi connectivity index (χ0) is 85.1. The molecule has 4 heterocycles. The van der Waals surface area contributed by atoms with E-state index in [1.54, 1.807) is 32.0 Å². The molecule has 10 rings (SSSR count). The number of carbonyl (C=O) groups is 3. The molecule has 11 radical (unpaired) electrons. The van der Waals surface area contributed by atoms with Crippen molar-refractivity contribution in [1.29, 1.82) is 0 Å². The van der Waals surface area contributed by atoms with Gasteiger partial charge in [-0.2, -0.15) is 144 Å². The first-order valence-electron chi connectivity index (χ1n) is 40.7. The number of benzene rings is 6. The minimum Gasteiger partial charge on any atom is -0.400 e. The van der Waals surface area contributed by atoms with Crippen molar-refractivity contribution in [3.8, 4) is 0 Å². The standard InChI is InChI=1S/C12H11NO.2C12H15N.C12H13N.C10H11N.C9H8O.C4H10.C3H7NO.12C2H6.6CH3.5V.W.6Y/c1-9-11(8-12(14)13(9)2)10-6-4-3-5-7-10;3*1-10-12(8-9-13(10)2)11-6-4-3-5-7-11;1-9(11-2)8-10-6-4-3-5-7-10;1-8(10)7-9-5-3-2-4-6-9;1-3-4-2;1-2-3(4)5;12*1-2;;;;;;;;;;;;;;;;;;/h3-6H,1,8H2,2H3;2*3-6,10,12H,1,8-9H2,2H3;3-6H,1,8-9H2,2H3;3-6H,1,8H2,2H3;2-5H,1,7H2;3-4H2,1-2H3;2H2,1H3,(H2,4,5);12*1-2H3;6*1H3;;;;;;;;;;;;/q6*-2;;;;;;;;;;;;;;;6*-1;;;;;;;;;;;;. The van der Waals surface area contributed by atoms with Crippen molar-refractivity contribution >= 4 is 34.5 Å². The number of likely N-dealkylation sites (tertiary alicyclic amines) is 2. The fourth-order valence-electron chi connectivity index (χ4n) is 8.83.